The van der Waals surface area contributed by atoms with Gasteiger partial charge in [-0.05, 0) is 74.5 Å². The van der Waals surface area contributed by atoms with Crippen LogP contribution in [0.25, 0.3) is 0 Å². The molecule has 4 fully saturated rings. The minimum Gasteiger partial charge on any atom is -0.462 e. The Balaban J connectivity index is 1.19. The molecule has 0 bridgehead atoms. The third-order valence-electron chi connectivity index (χ3n) is 12.0. The van der Waals surface area contributed by atoms with Gasteiger partial charge in [0.1, 0.15) is 18.3 Å². The normalized spacial score (nSPS) is 53.3. The van der Waals surface area contributed by atoms with E-state index in [4.69, 9.17) is 19.9 Å². The van der Waals surface area contributed by atoms with Crippen LogP contribution < -0.4 is 5.73 Å². The molecule has 1 saturated heterocycles. The Morgan fingerprint density at radius 2 is 1.82 bits per heavy atom. The van der Waals surface area contributed by atoms with Crippen molar-refractivity contribution in [2.24, 2.45) is 40.2 Å². The van der Waals surface area contributed by atoms with Crippen molar-refractivity contribution in [3.8, 4) is 0 Å². The maximum Gasteiger partial charge on any atom is 0.330 e. The predicted molar refractivity (Wildman–Crippen MR) is 141 cm³/mol. The smallest absolute Gasteiger partial charge is 0.330 e. The maximum atomic E-state index is 12.4. The number of nitrogens with two attached hydrogens (primary N) is 1. The van der Waals surface area contributed by atoms with Crippen LogP contribution in [-0.4, -0.2) is 82.0 Å². The SMILES string of the molecule is C[C@]12CC[C@H](O[C@@H]3OC(CO)[C@@H](O)C(O)C3N)C=C1CCC1C2CC[C@]2(C)[C@@H](C3C=CC(=O)OC3)CC[C@]12O. The molecule has 4 aliphatic carbocycles. The fraction of sp³-hybridized carbons (Fsp3) is 0.833. The van der Waals surface area contributed by atoms with Gasteiger partial charge < -0.3 is 40.4 Å². The van der Waals surface area contributed by atoms with Gasteiger partial charge in [0.2, 0.25) is 0 Å². The van der Waals surface area contributed by atoms with Gasteiger partial charge in [0.15, 0.2) is 6.29 Å². The molecule has 6 N–H and O–H groups in total. The summed E-state index contributed by atoms with van der Waals surface area (Å²) < 4.78 is 17.3. The first-order chi connectivity index (χ1) is 18.5. The van der Waals surface area contributed by atoms with Crippen LogP contribution in [0.3, 0.4) is 0 Å². The molecule has 9 nitrogen and oxygen atoms in total. The maximum absolute atomic E-state index is 12.4. The number of fused-ring (bicyclic) bond motifs is 5. The summed E-state index contributed by atoms with van der Waals surface area (Å²) >= 11 is 0. The Hall–Kier alpha value is -1.33. The summed E-state index contributed by atoms with van der Waals surface area (Å²) in [6.45, 7) is 4.62. The first-order valence-electron chi connectivity index (χ1n) is 14.8. The van der Waals surface area contributed by atoms with Crippen LogP contribution in [0.15, 0.2) is 23.8 Å². The monoisotopic (exact) mass is 547 g/mol. The van der Waals surface area contributed by atoms with E-state index in [1.807, 2.05) is 6.08 Å². The van der Waals surface area contributed by atoms with Crippen LogP contribution in [0, 0.1) is 34.5 Å². The second-order valence-corrected chi connectivity index (χ2v) is 13.5. The zero-order valence-electron chi connectivity index (χ0n) is 23.1. The lowest BCUT2D eigenvalue weighted by molar-refractivity contribution is -0.275. The summed E-state index contributed by atoms with van der Waals surface area (Å²) in [6, 6.07) is -0.909. The zero-order chi connectivity index (χ0) is 27.7. The number of carbonyl (C=O) groups excluding carboxylic acids is 1. The topological polar surface area (TPSA) is 152 Å². The molecule has 0 spiro atoms. The van der Waals surface area contributed by atoms with Crippen LogP contribution >= 0.6 is 0 Å². The number of ether oxygens (including phenoxy) is 3. The summed E-state index contributed by atoms with van der Waals surface area (Å²) in [4.78, 5) is 11.6. The molecule has 0 aromatic carbocycles. The fourth-order valence-electron chi connectivity index (χ4n) is 9.63. The fourth-order valence-corrected chi connectivity index (χ4v) is 9.63. The van der Waals surface area contributed by atoms with E-state index in [0.29, 0.717) is 18.4 Å². The molecular weight excluding hydrogens is 502 g/mol. The van der Waals surface area contributed by atoms with Crippen molar-refractivity contribution in [3.63, 3.8) is 0 Å². The number of carbonyl (C=O) groups is 1. The Morgan fingerprint density at radius 3 is 2.54 bits per heavy atom. The second-order valence-electron chi connectivity index (χ2n) is 13.5. The second kappa shape index (κ2) is 9.89. The van der Waals surface area contributed by atoms with Crippen molar-refractivity contribution >= 4 is 5.97 Å². The quantitative estimate of drug-likeness (QED) is 0.261. The molecular formula is C30H45NO8. The van der Waals surface area contributed by atoms with E-state index >= 15 is 0 Å². The minimum absolute atomic E-state index is 0.0168. The lowest BCUT2D eigenvalue weighted by Gasteiger charge is -2.62. The summed E-state index contributed by atoms with van der Waals surface area (Å²) in [5.74, 6) is 0.815. The minimum atomic E-state index is -1.25. The number of allylic oxidation sites excluding steroid dienone is 1. The highest BCUT2D eigenvalue weighted by Gasteiger charge is 2.67. The van der Waals surface area contributed by atoms with E-state index in [9.17, 15) is 25.2 Å². The number of hydrogen-bond acceptors (Lipinski definition) is 9. The van der Waals surface area contributed by atoms with Gasteiger partial charge in [-0.2, -0.15) is 0 Å². The first kappa shape index (κ1) is 27.8. The van der Waals surface area contributed by atoms with E-state index < -0.39 is 42.9 Å². The van der Waals surface area contributed by atoms with E-state index in [0.717, 1.165) is 51.4 Å². The van der Waals surface area contributed by atoms with Gasteiger partial charge >= 0.3 is 5.97 Å². The van der Waals surface area contributed by atoms with Crippen molar-refractivity contribution in [2.45, 2.75) is 108 Å². The first-order valence-corrected chi connectivity index (χ1v) is 14.8. The van der Waals surface area contributed by atoms with Crippen LogP contribution in [0.4, 0.5) is 0 Å². The van der Waals surface area contributed by atoms with Crippen LogP contribution in [0.1, 0.15) is 65.2 Å². The molecule has 0 aromatic heterocycles. The third-order valence-corrected chi connectivity index (χ3v) is 12.0. The van der Waals surface area contributed by atoms with Gasteiger partial charge in [-0.1, -0.05) is 31.6 Å². The molecule has 9 heteroatoms. The van der Waals surface area contributed by atoms with Crippen molar-refractivity contribution in [1.82, 2.24) is 0 Å². The number of esters is 1. The molecule has 6 rings (SSSR count). The molecule has 6 aliphatic rings. The third kappa shape index (κ3) is 4.18. The van der Waals surface area contributed by atoms with Crippen molar-refractivity contribution in [1.29, 1.82) is 0 Å². The van der Waals surface area contributed by atoms with Crippen molar-refractivity contribution in [2.75, 3.05) is 13.2 Å². The lowest BCUT2D eigenvalue weighted by Crippen LogP contribution is -2.63. The van der Waals surface area contributed by atoms with Gasteiger partial charge in [0.25, 0.3) is 0 Å². The van der Waals surface area contributed by atoms with Crippen LogP contribution in [0.2, 0.25) is 0 Å². The summed E-state index contributed by atoms with van der Waals surface area (Å²) in [6.07, 6.45) is 8.51. The number of rotatable bonds is 4. The summed E-state index contributed by atoms with van der Waals surface area (Å²) in [5.41, 5.74) is 6.55. The molecule has 2 aliphatic heterocycles. The van der Waals surface area contributed by atoms with E-state index in [-0.39, 0.29) is 34.7 Å². The Labute approximate surface area is 230 Å². The van der Waals surface area contributed by atoms with E-state index in [2.05, 4.69) is 19.9 Å². The Bertz CT molecular complexity index is 1030. The average molecular weight is 548 g/mol. The average Bonchev–Trinajstić information content (AvgIpc) is 3.20. The Morgan fingerprint density at radius 1 is 1.05 bits per heavy atom. The number of hydrogen-bond donors (Lipinski definition) is 5. The van der Waals surface area contributed by atoms with Gasteiger partial charge in [0, 0.05) is 17.4 Å². The van der Waals surface area contributed by atoms with Crippen molar-refractivity contribution in [3.05, 3.63) is 23.8 Å². The molecule has 6 unspecified atom stereocenters. The molecule has 39 heavy (non-hydrogen) atoms. The highest BCUT2D eigenvalue weighted by atomic mass is 16.7. The highest BCUT2D eigenvalue weighted by Crippen LogP contribution is 2.69. The molecule has 0 amide bonds. The predicted octanol–water partition coefficient (Wildman–Crippen LogP) is 1.56. The number of aliphatic hydroxyl groups is 4. The van der Waals surface area contributed by atoms with E-state index in [1.165, 1.54) is 5.57 Å². The largest absolute Gasteiger partial charge is 0.462 e. The zero-order valence-corrected chi connectivity index (χ0v) is 23.1. The van der Waals surface area contributed by atoms with Gasteiger partial charge in [-0.15, -0.1) is 0 Å². The molecule has 0 aromatic rings. The number of aliphatic hydroxyl groups excluding tert-OH is 3. The standard InChI is InChI=1S/C30H45NO8/c1-28-10-7-18(38-27-24(31)26(35)25(34)22(14-32)39-27)13-17(28)4-5-21-20(28)8-11-29(2)19(9-12-30(21,29)36)16-3-6-23(33)37-15-16/h3,6,13,16,18-22,24-27,32,34-36H,4-5,7-12,14-15,31H2,1-2H3/t16?,18-,19+,20?,21?,22?,24?,25+,26?,27+,28-,29+,30-/m0/s1. The van der Waals surface area contributed by atoms with E-state index in [1.54, 1.807) is 6.08 Å². The molecule has 2 heterocycles. The molecule has 218 valence electrons. The summed E-state index contributed by atoms with van der Waals surface area (Å²) in [7, 11) is 0. The van der Waals surface area contributed by atoms with Crippen molar-refractivity contribution < 1.29 is 39.4 Å². The highest BCUT2D eigenvalue weighted by molar-refractivity contribution is 5.82. The molecule has 0 radical (unpaired) electrons. The summed E-state index contributed by atoms with van der Waals surface area (Å²) in [5, 5.41) is 42.4. The molecule has 3 saturated carbocycles. The number of cyclic esters (lactones) is 1. The Kier molecular flexibility index (Phi) is 7.06. The van der Waals surface area contributed by atoms with Gasteiger partial charge in [0.05, 0.1) is 31.0 Å². The van der Waals surface area contributed by atoms with Crippen LogP contribution in [0.5, 0.6) is 0 Å². The lowest BCUT2D eigenvalue weighted by atomic mass is 9.45. The van der Waals surface area contributed by atoms with Gasteiger partial charge in [-0.25, -0.2) is 4.79 Å². The van der Waals surface area contributed by atoms with Crippen LogP contribution in [-0.2, 0) is 19.0 Å². The van der Waals surface area contributed by atoms with Gasteiger partial charge in [-0.3, -0.25) is 0 Å². The molecule has 13 atom stereocenters.